The smallest absolute Gasteiger partial charge is 0.416 e. The summed E-state index contributed by atoms with van der Waals surface area (Å²) in [4.78, 5) is 11.1. The van der Waals surface area contributed by atoms with Gasteiger partial charge in [-0.05, 0) is 47.5 Å². The lowest BCUT2D eigenvalue weighted by Crippen LogP contribution is -2.08. The fraction of sp³-hybridized carbons (Fsp3) is 0.118. The van der Waals surface area contributed by atoms with E-state index in [1.165, 1.54) is 24.3 Å². The van der Waals surface area contributed by atoms with Crippen LogP contribution in [0.3, 0.4) is 0 Å². The molecule has 1 aliphatic heterocycles. The van der Waals surface area contributed by atoms with E-state index in [-0.39, 0.29) is 12.2 Å². The summed E-state index contributed by atoms with van der Waals surface area (Å²) in [7, 11) is 0. The Bertz CT molecular complexity index is 790. The van der Waals surface area contributed by atoms with Crippen molar-refractivity contribution in [3.8, 4) is 5.75 Å². The van der Waals surface area contributed by atoms with Gasteiger partial charge in [0.1, 0.15) is 12.4 Å². The van der Waals surface area contributed by atoms with Gasteiger partial charge < -0.3 is 9.84 Å². The third-order valence-electron chi connectivity index (χ3n) is 3.57. The summed E-state index contributed by atoms with van der Waals surface area (Å²) in [6, 6.07) is 9.19. The van der Waals surface area contributed by atoms with Crippen molar-refractivity contribution in [3.05, 3.63) is 70.8 Å². The largest absolute Gasteiger partial charge is 0.489 e. The van der Waals surface area contributed by atoms with E-state index in [0.717, 1.165) is 12.1 Å². The molecule has 23 heavy (non-hydrogen) atoms. The fourth-order valence-electron chi connectivity index (χ4n) is 2.44. The SMILES string of the molecule is O=C(O)c1ccc2c(c1)C(c1ccc(C(F)(F)F)cc1)=CCO2. The third-order valence-corrected chi connectivity index (χ3v) is 3.57. The molecule has 1 aliphatic rings. The molecule has 0 spiro atoms. The average molecular weight is 320 g/mol. The Hall–Kier alpha value is -2.76. The van der Waals surface area contributed by atoms with Gasteiger partial charge in [0.15, 0.2) is 0 Å². The Morgan fingerprint density at radius 3 is 2.39 bits per heavy atom. The summed E-state index contributed by atoms with van der Waals surface area (Å²) in [5.74, 6) is -0.572. The molecule has 0 fully saturated rings. The molecule has 3 rings (SSSR count). The summed E-state index contributed by atoms with van der Waals surface area (Å²) in [6.45, 7) is 0.274. The van der Waals surface area contributed by atoms with E-state index in [2.05, 4.69) is 0 Å². The number of fused-ring (bicyclic) bond motifs is 1. The van der Waals surface area contributed by atoms with Gasteiger partial charge in [-0.3, -0.25) is 0 Å². The van der Waals surface area contributed by atoms with Gasteiger partial charge in [-0.1, -0.05) is 12.1 Å². The number of hydrogen-bond acceptors (Lipinski definition) is 2. The minimum atomic E-state index is -4.39. The first-order chi connectivity index (χ1) is 10.9. The van der Waals surface area contributed by atoms with Crippen LogP contribution in [0.4, 0.5) is 13.2 Å². The number of carboxylic acids is 1. The number of hydrogen-bond donors (Lipinski definition) is 1. The fourth-order valence-corrected chi connectivity index (χ4v) is 2.44. The van der Waals surface area contributed by atoms with E-state index in [4.69, 9.17) is 9.84 Å². The van der Waals surface area contributed by atoms with E-state index in [0.29, 0.717) is 22.4 Å². The van der Waals surface area contributed by atoms with Crippen LogP contribution < -0.4 is 4.74 Å². The minimum Gasteiger partial charge on any atom is -0.489 e. The van der Waals surface area contributed by atoms with E-state index < -0.39 is 17.7 Å². The molecule has 1 N–H and O–H groups in total. The van der Waals surface area contributed by atoms with E-state index >= 15 is 0 Å². The molecule has 1 heterocycles. The van der Waals surface area contributed by atoms with Gasteiger partial charge in [0.25, 0.3) is 0 Å². The normalized spacial score (nSPS) is 13.8. The Morgan fingerprint density at radius 1 is 1.09 bits per heavy atom. The highest BCUT2D eigenvalue weighted by atomic mass is 19.4. The molecule has 0 saturated heterocycles. The summed E-state index contributed by atoms with van der Waals surface area (Å²) in [6.07, 6.45) is -2.67. The lowest BCUT2D eigenvalue weighted by Gasteiger charge is -2.20. The van der Waals surface area contributed by atoms with Crippen molar-refractivity contribution in [2.24, 2.45) is 0 Å². The molecule has 118 valence electrons. The number of carbonyl (C=O) groups is 1. The maximum absolute atomic E-state index is 12.6. The van der Waals surface area contributed by atoms with Crippen molar-refractivity contribution in [1.82, 2.24) is 0 Å². The van der Waals surface area contributed by atoms with Crippen LogP contribution in [0.25, 0.3) is 5.57 Å². The maximum atomic E-state index is 12.6. The van der Waals surface area contributed by atoms with Crippen molar-refractivity contribution in [2.45, 2.75) is 6.18 Å². The van der Waals surface area contributed by atoms with Gasteiger partial charge >= 0.3 is 12.1 Å². The monoisotopic (exact) mass is 320 g/mol. The van der Waals surface area contributed by atoms with Gasteiger partial charge in [0.2, 0.25) is 0 Å². The van der Waals surface area contributed by atoms with Crippen molar-refractivity contribution in [2.75, 3.05) is 6.61 Å². The van der Waals surface area contributed by atoms with Gasteiger partial charge in [0.05, 0.1) is 11.1 Å². The molecule has 6 heteroatoms. The first kappa shape index (κ1) is 15.1. The van der Waals surface area contributed by atoms with Crippen LogP contribution in [0, 0.1) is 0 Å². The molecule has 2 aromatic carbocycles. The molecular weight excluding hydrogens is 309 g/mol. The molecule has 0 radical (unpaired) electrons. The maximum Gasteiger partial charge on any atom is 0.416 e. The average Bonchev–Trinajstić information content (AvgIpc) is 2.53. The molecule has 3 nitrogen and oxygen atoms in total. The standard InChI is InChI=1S/C17H11F3O3/c18-17(19,20)12-4-1-10(2-5-12)13-7-8-23-15-6-3-11(16(21)22)9-14(13)15/h1-7,9H,8H2,(H,21,22). The predicted octanol–water partition coefficient (Wildman–Crippen LogP) is 4.23. The molecule has 0 bridgehead atoms. The van der Waals surface area contributed by atoms with Crippen LogP contribution >= 0.6 is 0 Å². The Balaban J connectivity index is 2.03. The highest BCUT2D eigenvalue weighted by Gasteiger charge is 2.30. The van der Waals surface area contributed by atoms with Crippen LogP contribution in [0.5, 0.6) is 5.75 Å². The van der Waals surface area contributed by atoms with Crippen molar-refractivity contribution >= 4 is 11.5 Å². The van der Waals surface area contributed by atoms with Gasteiger partial charge in [-0.15, -0.1) is 0 Å². The van der Waals surface area contributed by atoms with Crippen LogP contribution in [0.2, 0.25) is 0 Å². The number of halogens is 3. The second kappa shape index (κ2) is 5.46. The number of aromatic carboxylic acids is 1. The third kappa shape index (κ3) is 2.92. The molecule has 0 saturated carbocycles. The van der Waals surface area contributed by atoms with E-state index in [9.17, 15) is 18.0 Å². The van der Waals surface area contributed by atoms with Gasteiger partial charge in [-0.25, -0.2) is 4.79 Å². The summed E-state index contributed by atoms with van der Waals surface area (Å²) < 4.78 is 43.4. The molecule has 2 aromatic rings. The number of ether oxygens (including phenoxy) is 1. The first-order valence-corrected chi connectivity index (χ1v) is 6.74. The zero-order valence-electron chi connectivity index (χ0n) is 11.7. The molecule has 0 aromatic heterocycles. The zero-order chi connectivity index (χ0) is 16.6. The minimum absolute atomic E-state index is 0.0899. The number of alkyl halides is 3. The number of benzene rings is 2. The van der Waals surface area contributed by atoms with Crippen LogP contribution in [0.1, 0.15) is 27.0 Å². The number of carboxylic acid groups (broad SMARTS) is 1. The molecule has 0 atom stereocenters. The number of rotatable bonds is 2. The van der Waals surface area contributed by atoms with Crippen LogP contribution in [0.15, 0.2) is 48.5 Å². The Labute approximate surface area is 129 Å². The Kier molecular flexibility index (Phi) is 3.60. The Morgan fingerprint density at radius 2 is 1.78 bits per heavy atom. The lowest BCUT2D eigenvalue weighted by atomic mass is 9.93. The second-order valence-electron chi connectivity index (χ2n) is 5.02. The van der Waals surface area contributed by atoms with Crippen molar-refractivity contribution < 1.29 is 27.8 Å². The quantitative estimate of drug-likeness (QED) is 0.901. The van der Waals surface area contributed by atoms with Gasteiger partial charge in [0, 0.05) is 5.56 Å². The summed E-state index contributed by atoms with van der Waals surface area (Å²) in [5, 5.41) is 9.08. The molecule has 0 aliphatic carbocycles. The van der Waals surface area contributed by atoms with E-state index in [1.54, 1.807) is 12.1 Å². The van der Waals surface area contributed by atoms with E-state index in [1.807, 2.05) is 0 Å². The zero-order valence-corrected chi connectivity index (χ0v) is 11.7. The molecular formula is C17H11F3O3. The topological polar surface area (TPSA) is 46.5 Å². The predicted molar refractivity (Wildman–Crippen MR) is 77.4 cm³/mol. The highest BCUT2D eigenvalue weighted by molar-refractivity contribution is 5.92. The highest BCUT2D eigenvalue weighted by Crippen LogP contribution is 2.36. The van der Waals surface area contributed by atoms with Crippen LogP contribution in [-0.2, 0) is 6.18 Å². The van der Waals surface area contributed by atoms with Crippen molar-refractivity contribution in [1.29, 1.82) is 0 Å². The van der Waals surface area contributed by atoms with Crippen LogP contribution in [-0.4, -0.2) is 17.7 Å². The summed E-state index contributed by atoms with van der Waals surface area (Å²) in [5.41, 5.74) is 1.14. The lowest BCUT2D eigenvalue weighted by molar-refractivity contribution is -0.137. The van der Waals surface area contributed by atoms with Crippen molar-refractivity contribution in [3.63, 3.8) is 0 Å². The molecule has 0 unspecified atom stereocenters. The second-order valence-corrected chi connectivity index (χ2v) is 5.02. The first-order valence-electron chi connectivity index (χ1n) is 6.74. The molecule has 0 amide bonds. The summed E-state index contributed by atoms with van der Waals surface area (Å²) >= 11 is 0. The van der Waals surface area contributed by atoms with Gasteiger partial charge in [-0.2, -0.15) is 13.2 Å².